The molecule has 1 aromatic heterocycles. The van der Waals surface area contributed by atoms with Crippen LogP contribution in [-0.2, 0) is 30.4 Å². The molecule has 246 valence electrons. The van der Waals surface area contributed by atoms with E-state index in [9.17, 15) is 29.1 Å². The van der Waals surface area contributed by atoms with Crippen molar-refractivity contribution < 1.29 is 29.1 Å². The predicted molar refractivity (Wildman–Crippen MR) is 167 cm³/mol. The molecule has 0 aliphatic heterocycles. The zero-order chi connectivity index (χ0) is 33.5. The van der Waals surface area contributed by atoms with Crippen LogP contribution in [0.5, 0.6) is 0 Å². The molecule has 18 nitrogen and oxygen atoms in total. The van der Waals surface area contributed by atoms with E-state index in [0.29, 0.717) is 12.0 Å². The Labute approximate surface area is 258 Å². The summed E-state index contributed by atoms with van der Waals surface area (Å²) in [5.74, 6) is -4.95. The summed E-state index contributed by atoms with van der Waals surface area (Å²) in [6, 6.07) is 2.12. The van der Waals surface area contributed by atoms with E-state index in [4.69, 9.17) is 34.4 Å². The average Bonchev–Trinajstić information content (AvgIpc) is 3.37. The lowest BCUT2D eigenvalue weighted by Crippen LogP contribution is -2.57. The number of nitrogens with two attached hydrogens (primary N) is 6. The van der Waals surface area contributed by atoms with Crippen molar-refractivity contribution >= 4 is 52.4 Å². The van der Waals surface area contributed by atoms with Crippen molar-refractivity contribution in [3.05, 3.63) is 36.0 Å². The Morgan fingerprint density at radius 1 is 0.778 bits per heavy atom. The summed E-state index contributed by atoms with van der Waals surface area (Å²) in [4.78, 5) is 73.8. The second kappa shape index (κ2) is 17.7. The third-order valence-corrected chi connectivity index (χ3v) is 6.63. The Morgan fingerprint density at radius 2 is 1.33 bits per heavy atom. The van der Waals surface area contributed by atoms with Gasteiger partial charge in [-0.25, -0.2) is 4.79 Å². The number of H-pyrrole nitrogens is 1. The molecule has 0 fully saturated rings. The van der Waals surface area contributed by atoms with Crippen LogP contribution < -0.4 is 50.4 Å². The molecule has 0 aliphatic rings. The highest BCUT2D eigenvalue weighted by molar-refractivity contribution is 5.95. The fourth-order valence-corrected chi connectivity index (χ4v) is 4.38. The van der Waals surface area contributed by atoms with Gasteiger partial charge in [0.25, 0.3) is 0 Å². The molecule has 4 unspecified atom stereocenters. The van der Waals surface area contributed by atoms with Crippen molar-refractivity contribution in [1.29, 1.82) is 0 Å². The van der Waals surface area contributed by atoms with Gasteiger partial charge in [-0.15, -0.1) is 0 Å². The molecule has 4 atom stereocenters. The molecule has 1 aromatic carbocycles. The largest absolute Gasteiger partial charge is 0.480 e. The number of aromatic nitrogens is 1. The van der Waals surface area contributed by atoms with E-state index in [0.717, 1.165) is 10.9 Å². The molecular weight excluding hydrogens is 588 g/mol. The normalized spacial score (nSPS) is 13.4. The average molecular weight is 631 g/mol. The molecule has 17 N–H and O–H groups in total. The van der Waals surface area contributed by atoms with Gasteiger partial charge in [-0.2, -0.15) is 0 Å². The van der Waals surface area contributed by atoms with Crippen LogP contribution in [0.2, 0.25) is 0 Å². The lowest BCUT2D eigenvalue weighted by molar-refractivity contribution is -0.143. The van der Waals surface area contributed by atoms with Crippen molar-refractivity contribution in [3.63, 3.8) is 0 Å². The lowest BCUT2D eigenvalue weighted by atomic mass is 10.0. The highest BCUT2D eigenvalue weighted by Crippen LogP contribution is 2.19. The number of nitrogens with one attached hydrogen (secondary N) is 4. The first-order chi connectivity index (χ1) is 21.3. The number of fused-ring (bicyclic) bond motifs is 1. The number of carboxylic acid groups (broad SMARTS) is 1. The van der Waals surface area contributed by atoms with Gasteiger partial charge in [-0.05, 0) is 37.3 Å². The van der Waals surface area contributed by atoms with Gasteiger partial charge in [0.2, 0.25) is 23.6 Å². The van der Waals surface area contributed by atoms with E-state index >= 15 is 0 Å². The predicted octanol–water partition coefficient (Wildman–Crippen LogP) is -3.44. The quantitative estimate of drug-likeness (QED) is 0.0412. The van der Waals surface area contributed by atoms with Gasteiger partial charge in [0.05, 0.1) is 12.5 Å². The molecule has 4 amide bonds. The SMILES string of the molecule is NC(=O)CC(NC(=O)C(Cc1c[nH]c2ccccc12)NC(=O)C(CCCN=C(N)N)NC(=O)C(N)CCCN=C(N)N)C(=O)O. The maximum Gasteiger partial charge on any atom is 0.326 e. The van der Waals surface area contributed by atoms with E-state index in [1.165, 1.54) is 0 Å². The van der Waals surface area contributed by atoms with Crippen LogP contribution in [0.3, 0.4) is 0 Å². The van der Waals surface area contributed by atoms with Gasteiger partial charge >= 0.3 is 5.97 Å². The van der Waals surface area contributed by atoms with Crippen LogP contribution in [0, 0.1) is 0 Å². The molecule has 0 radical (unpaired) electrons. The van der Waals surface area contributed by atoms with E-state index in [1.54, 1.807) is 12.3 Å². The van der Waals surface area contributed by atoms with Gasteiger partial charge in [-0.1, -0.05) is 18.2 Å². The molecule has 45 heavy (non-hydrogen) atoms. The molecule has 0 saturated heterocycles. The van der Waals surface area contributed by atoms with Crippen LogP contribution in [0.25, 0.3) is 10.9 Å². The van der Waals surface area contributed by atoms with E-state index in [2.05, 4.69) is 30.9 Å². The lowest BCUT2D eigenvalue weighted by Gasteiger charge is -2.25. The molecule has 18 heteroatoms. The van der Waals surface area contributed by atoms with E-state index in [-0.39, 0.29) is 50.7 Å². The standard InChI is InChI=1S/C27H42N12O6/c28-16(6-3-9-34-26(30)31)22(41)37-18(8-4-10-35-27(32)33)23(42)38-19(24(43)39-20(25(44)45)12-21(29)40)11-14-13-36-17-7-2-1-5-15(14)17/h1-2,5,7,13,16,18-20,36H,3-4,6,8-12,28H2,(H2,29,40)(H,37,41)(H,38,42)(H,39,43)(H,44,45)(H4,30,31,34)(H4,32,33,35). The van der Waals surface area contributed by atoms with Crippen molar-refractivity contribution in [1.82, 2.24) is 20.9 Å². The number of benzene rings is 1. The fraction of sp³-hybridized carbons (Fsp3) is 0.444. The summed E-state index contributed by atoms with van der Waals surface area (Å²) in [6.07, 6.45) is 1.88. The number of para-hydroxylation sites is 1. The van der Waals surface area contributed by atoms with Gasteiger partial charge in [0, 0.05) is 36.6 Å². The first-order valence-corrected chi connectivity index (χ1v) is 14.1. The number of nitrogens with zero attached hydrogens (tertiary/aromatic N) is 2. The zero-order valence-electron chi connectivity index (χ0n) is 24.7. The zero-order valence-corrected chi connectivity index (χ0v) is 24.7. The van der Waals surface area contributed by atoms with Crippen molar-refractivity contribution in [2.45, 2.75) is 62.7 Å². The minimum atomic E-state index is -1.63. The number of rotatable bonds is 19. The monoisotopic (exact) mass is 630 g/mol. The molecular formula is C27H42N12O6. The Balaban J connectivity index is 2.30. The van der Waals surface area contributed by atoms with Crippen molar-refractivity contribution in [2.24, 2.45) is 44.4 Å². The van der Waals surface area contributed by atoms with Gasteiger partial charge in [0.15, 0.2) is 11.9 Å². The molecule has 2 rings (SSSR count). The summed E-state index contributed by atoms with van der Waals surface area (Å²) in [5, 5.41) is 17.8. The number of guanidine groups is 2. The number of aliphatic carboxylic acids is 1. The summed E-state index contributed by atoms with van der Waals surface area (Å²) in [6.45, 7) is 0.405. The highest BCUT2D eigenvalue weighted by Gasteiger charge is 2.31. The topological polar surface area (TPSA) is 338 Å². The summed E-state index contributed by atoms with van der Waals surface area (Å²) in [5.41, 5.74) is 34.0. The second-order valence-electron chi connectivity index (χ2n) is 10.3. The van der Waals surface area contributed by atoms with Crippen molar-refractivity contribution in [3.8, 4) is 0 Å². The van der Waals surface area contributed by atoms with Gasteiger partial charge in [-0.3, -0.25) is 29.2 Å². The van der Waals surface area contributed by atoms with Crippen LogP contribution in [0.15, 0.2) is 40.4 Å². The number of carboxylic acids is 1. The van der Waals surface area contributed by atoms with E-state index < -0.39 is 60.2 Å². The summed E-state index contributed by atoms with van der Waals surface area (Å²) >= 11 is 0. The molecule has 0 bridgehead atoms. The summed E-state index contributed by atoms with van der Waals surface area (Å²) in [7, 11) is 0. The highest BCUT2D eigenvalue weighted by atomic mass is 16.4. The Morgan fingerprint density at radius 3 is 1.93 bits per heavy atom. The third-order valence-electron chi connectivity index (χ3n) is 6.63. The van der Waals surface area contributed by atoms with Crippen LogP contribution >= 0.6 is 0 Å². The number of aromatic amines is 1. The first kappa shape index (κ1) is 35.8. The van der Waals surface area contributed by atoms with Crippen molar-refractivity contribution in [2.75, 3.05) is 13.1 Å². The Hall–Kier alpha value is -5.39. The maximum absolute atomic E-state index is 13.6. The number of aliphatic imine (C=N–C) groups is 2. The van der Waals surface area contributed by atoms with Crippen LogP contribution in [0.1, 0.15) is 37.7 Å². The second-order valence-corrected chi connectivity index (χ2v) is 10.3. The minimum absolute atomic E-state index is 0.0654. The number of amides is 4. The molecule has 1 heterocycles. The molecule has 0 aliphatic carbocycles. The van der Waals surface area contributed by atoms with Gasteiger partial charge < -0.3 is 60.4 Å². The number of primary amides is 1. The first-order valence-electron chi connectivity index (χ1n) is 14.1. The maximum atomic E-state index is 13.6. The van der Waals surface area contributed by atoms with E-state index in [1.807, 2.05) is 18.2 Å². The number of carbonyl (C=O) groups excluding carboxylic acids is 4. The summed E-state index contributed by atoms with van der Waals surface area (Å²) < 4.78 is 0. The number of carbonyl (C=O) groups is 5. The van der Waals surface area contributed by atoms with Gasteiger partial charge in [0.1, 0.15) is 18.1 Å². The molecule has 2 aromatic rings. The third kappa shape index (κ3) is 12.4. The Kier molecular flexibility index (Phi) is 14.1. The Bertz CT molecular complexity index is 1400. The number of hydrogen-bond acceptors (Lipinski definition) is 8. The van der Waals surface area contributed by atoms with Crippen LogP contribution in [0.4, 0.5) is 0 Å². The molecule has 0 spiro atoms. The van der Waals surface area contributed by atoms with Crippen LogP contribution in [-0.4, -0.2) is 88.9 Å². The number of hydrogen-bond donors (Lipinski definition) is 11. The molecule has 0 saturated carbocycles. The smallest absolute Gasteiger partial charge is 0.326 e. The fourth-order valence-electron chi connectivity index (χ4n) is 4.38. The minimum Gasteiger partial charge on any atom is -0.480 e.